The van der Waals surface area contributed by atoms with Crippen molar-refractivity contribution in [1.82, 2.24) is 19.9 Å². The Morgan fingerprint density at radius 2 is 2.15 bits per heavy atom. The number of cyclic esters (lactones) is 1. The summed E-state index contributed by atoms with van der Waals surface area (Å²) in [5.41, 5.74) is 6.28. The minimum absolute atomic E-state index is 0.253. The van der Waals surface area contributed by atoms with Gasteiger partial charge in [-0.1, -0.05) is 6.07 Å². The number of carbonyl (C=O) groups is 1. The Hall–Kier alpha value is -4.06. The van der Waals surface area contributed by atoms with Crippen molar-refractivity contribution < 1.29 is 14.6 Å². The summed E-state index contributed by atoms with van der Waals surface area (Å²) in [6, 6.07) is 11.4. The Labute approximate surface area is 196 Å². The van der Waals surface area contributed by atoms with E-state index in [-0.39, 0.29) is 12.6 Å². The summed E-state index contributed by atoms with van der Waals surface area (Å²) in [5.74, 6) is 0.381. The molecule has 3 aromatic heterocycles. The highest BCUT2D eigenvalue weighted by Crippen LogP contribution is 2.29. The molecule has 0 bridgehead atoms. The smallest absolute Gasteiger partial charge is 0.338 e. The number of nitrogens with zero attached hydrogens (tertiary/aromatic N) is 4. The van der Waals surface area contributed by atoms with Gasteiger partial charge in [0.25, 0.3) is 0 Å². The minimum Gasteiger partial charge on any atom is -0.457 e. The number of fused-ring (bicyclic) bond motifs is 2. The van der Waals surface area contributed by atoms with Crippen LogP contribution in [0.1, 0.15) is 49.8 Å². The number of aliphatic hydroxyl groups excluding tert-OH is 1. The molecule has 0 saturated heterocycles. The summed E-state index contributed by atoms with van der Waals surface area (Å²) in [6.45, 7) is 4.91. The van der Waals surface area contributed by atoms with E-state index in [1.54, 1.807) is 24.5 Å². The molecule has 1 atom stereocenters. The first-order valence-electron chi connectivity index (χ1n) is 11.0. The zero-order valence-corrected chi connectivity index (χ0v) is 18.9. The van der Waals surface area contributed by atoms with Gasteiger partial charge in [0.05, 0.1) is 17.2 Å². The third kappa shape index (κ3) is 3.71. The lowest BCUT2D eigenvalue weighted by Crippen LogP contribution is -2.21. The quantitative estimate of drug-likeness (QED) is 0.430. The van der Waals surface area contributed by atoms with Crippen LogP contribution in [-0.2, 0) is 17.9 Å². The van der Waals surface area contributed by atoms with Gasteiger partial charge in [0, 0.05) is 42.6 Å². The number of ether oxygens (including phenoxy) is 1. The summed E-state index contributed by atoms with van der Waals surface area (Å²) >= 11 is 0. The maximum absolute atomic E-state index is 11.8. The van der Waals surface area contributed by atoms with E-state index in [1.807, 2.05) is 42.8 Å². The van der Waals surface area contributed by atoms with Crippen molar-refractivity contribution in [2.45, 2.75) is 33.1 Å². The van der Waals surface area contributed by atoms with E-state index in [9.17, 15) is 15.2 Å². The number of rotatable bonds is 6. The average molecular weight is 454 g/mol. The second kappa shape index (κ2) is 8.71. The van der Waals surface area contributed by atoms with Crippen LogP contribution in [0.15, 0.2) is 48.9 Å². The molecule has 0 fully saturated rings. The van der Waals surface area contributed by atoms with Crippen molar-refractivity contribution in [1.29, 1.82) is 5.26 Å². The highest BCUT2D eigenvalue weighted by Gasteiger charge is 2.25. The number of aryl methyl sites for hydroxylation is 1. The molecule has 2 N–H and O–H groups in total. The topological polar surface area (TPSA) is 113 Å². The summed E-state index contributed by atoms with van der Waals surface area (Å²) in [7, 11) is 0. The number of nitrogens with one attached hydrogen (secondary N) is 1. The maximum Gasteiger partial charge on any atom is 0.338 e. The molecule has 0 aliphatic carbocycles. The monoisotopic (exact) mass is 453 g/mol. The standard InChI is InChI=1S/C26H23N5O3/c1-15-8-24(30-11-17(15)9-27)31-13-18(20-4-3-7-29-25(20)31)10-28-12-23(32)19-5-6-21-22(16(19)2)14-34-26(21)33/h3-8,11,13,23,28,32H,10,12,14H2,1-2H3. The van der Waals surface area contributed by atoms with Gasteiger partial charge in [0.15, 0.2) is 0 Å². The number of benzene rings is 1. The lowest BCUT2D eigenvalue weighted by atomic mass is 9.95. The minimum atomic E-state index is -0.727. The van der Waals surface area contributed by atoms with Crippen LogP contribution in [0.25, 0.3) is 16.9 Å². The van der Waals surface area contributed by atoms with Crippen molar-refractivity contribution >= 4 is 17.0 Å². The molecule has 0 saturated carbocycles. The second-order valence-corrected chi connectivity index (χ2v) is 8.40. The van der Waals surface area contributed by atoms with Crippen molar-refractivity contribution in [2.75, 3.05) is 6.54 Å². The highest BCUT2D eigenvalue weighted by atomic mass is 16.5. The molecule has 34 heavy (non-hydrogen) atoms. The summed E-state index contributed by atoms with van der Waals surface area (Å²) < 4.78 is 7.03. The van der Waals surface area contributed by atoms with Crippen LogP contribution in [0.4, 0.5) is 0 Å². The van der Waals surface area contributed by atoms with E-state index in [2.05, 4.69) is 21.4 Å². The van der Waals surface area contributed by atoms with Gasteiger partial charge in [0.1, 0.15) is 24.1 Å². The normalized spacial score (nSPS) is 13.5. The molecule has 4 heterocycles. The molecule has 1 aliphatic rings. The number of esters is 1. The van der Waals surface area contributed by atoms with Crippen molar-refractivity contribution in [3.63, 3.8) is 0 Å². The van der Waals surface area contributed by atoms with E-state index in [4.69, 9.17) is 4.74 Å². The number of aliphatic hydroxyl groups is 1. The number of carbonyl (C=O) groups excluding carboxylic acids is 1. The van der Waals surface area contributed by atoms with E-state index in [1.165, 1.54) is 0 Å². The van der Waals surface area contributed by atoms with E-state index in [0.29, 0.717) is 30.0 Å². The number of nitriles is 1. The fourth-order valence-corrected chi connectivity index (χ4v) is 4.41. The van der Waals surface area contributed by atoms with Crippen LogP contribution in [0.2, 0.25) is 0 Å². The van der Waals surface area contributed by atoms with Crippen molar-refractivity contribution in [3.8, 4) is 11.9 Å². The Morgan fingerprint density at radius 3 is 2.94 bits per heavy atom. The molecule has 8 heteroatoms. The molecular formula is C26H23N5O3. The number of hydrogen-bond donors (Lipinski definition) is 2. The first kappa shape index (κ1) is 21.8. The number of pyridine rings is 2. The fraction of sp³-hybridized carbons (Fsp3) is 0.231. The van der Waals surface area contributed by atoms with Gasteiger partial charge in [-0.15, -0.1) is 0 Å². The molecule has 1 aromatic carbocycles. The molecule has 1 unspecified atom stereocenters. The predicted molar refractivity (Wildman–Crippen MR) is 125 cm³/mol. The largest absolute Gasteiger partial charge is 0.457 e. The van der Waals surface area contributed by atoms with Crippen LogP contribution in [0.5, 0.6) is 0 Å². The van der Waals surface area contributed by atoms with Gasteiger partial charge >= 0.3 is 5.97 Å². The number of hydrogen-bond acceptors (Lipinski definition) is 7. The third-order valence-corrected chi connectivity index (χ3v) is 6.33. The van der Waals surface area contributed by atoms with Crippen LogP contribution >= 0.6 is 0 Å². The zero-order chi connectivity index (χ0) is 23.8. The summed E-state index contributed by atoms with van der Waals surface area (Å²) in [4.78, 5) is 20.7. The molecule has 1 aliphatic heterocycles. The third-order valence-electron chi connectivity index (χ3n) is 6.33. The fourth-order valence-electron chi connectivity index (χ4n) is 4.41. The highest BCUT2D eigenvalue weighted by molar-refractivity contribution is 5.94. The molecule has 8 nitrogen and oxygen atoms in total. The molecule has 0 spiro atoms. The van der Waals surface area contributed by atoms with Crippen LogP contribution in [-0.4, -0.2) is 32.2 Å². The van der Waals surface area contributed by atoms with Gasteiger partial charge in [-0.25, -0.2) is 14.8 Å². The van der Waals surface area contributed by atoms with E-state index >= 15 is 0 Å². The SMILES string of the molecule is Cc1cc(-n2cc(CNCC(O)c3ccc4c(c3C)COC4=O)c3cccnc32)ncc1C#N. The summed E-state index contributed by atoms with van der Waals surface area (Å²) in [5, 5.41) is 24.3. The summed E-state index contributed by atoms with van der Waals surface area (Å²) in [6.07, 6.45) is 4.57. The average Bonchev–Trinajstić information content (AvgIpc) is 3.40. The Kier molecular flexibility index (Phi) is 5.57. The van der Waals surface area contributed by atoms with Gasteiger partial charge in [0.2, 0.25) is 0 Å². The van der Waals surface area contributed by atoms with Gasteiger partial charge in [-0.2, -0.15) is 5.26 Å². The molecule has 0 radical (unpaired) electrons. The van der Waals surface area contributed by atoms with Crippen LogP contribution in [0, 0.1) is 25.2 Å². The lowest BCUT2D eigenvalue weighted by molar-refractivity contribution is 0.0535. The van der Waals surface area contributed by atoms with Gasteiger partial charge in [-0.3, -0.25) is 4.57 Å². The predicted octanol–water partition coefficient (Wildman–Crippen LogP) is 3.40. The Balaban J connectivity index is 1.36. The first-order chi connectivity index (χ1) is 16.5. The van der Waals surface area contributed by atoms with Crippen LogP contribution in [0.3, 0.4) is 0 Å². The van der Waals surface area contributed by atoms with Crippen molar-refractivity contribution in [3.05, 3.63) is 87.9 Å². The Morgan fingerprint density at radius 1 is 1.29 bits per heavy atom. The first-order valence-corrected chi connectivity index (χ1v) is 11.0. The van der Waals surface area contributed by atoms with E-state index in [0.717, 1.165) is 38.9 Å². The molecule has 170 valence electrons. The molecule has 0 amide bonds. The number of aromatic nitrogens is 3. The second-order valence-electron chi connectivity index (χ2n) is 8.40. The Bertz CT molecular complexity index is 1470. The maximum atomic E-state index is 11.8. The molecular weight excluding hydrogens is 430 g/mol. The van der Waals surface area contributed by atoms with Crippen molar-refractivity contribution in [2.24, 2.45) is 0 Å². The lowest BCUT2D eigenvalue weighted by Gasteiger charge is -2.16. The van der Waals surface area contributed by atoms with Gasteiger partial charge < -0.3 is 15.2 Å². The van der Waals surface area contributed by atoms with Gasteiger partial charge in [-0.05, 0) is 60.4 Å². The zero-order valence-electron chi connectivity index (χ0n) is 18.9. The van der Waals surface area contributed by atoms with Crippen LogP contribution < -0.4 is 5.32 Å². The molecule has 5 rings (SSSR count). The van der Waals surface area contributed by atoms with E-state index < -0.39 is 6.10 Å². The molecule has 4 aromatic rings.